The zero-order valence-electron chi connectivity index (χ0n) is 10.7. The predicted molar refractivity (Wildman–Crippen MR) is 72.4 cm³/mol. The summed E-state index contributed by atoms with van der Waals surface area (Å²) in [4.78, 5) is 0. The quantitative estimate of drug-likeness (QED) is 0.672. The smallest absolute Gasteiger partial charge is 0.0652 e. The molecule has 0 N–H and O–H groups in total. The molecule has 0 aromatic heterocycles. The highest BCUT2D eigenvalue weighted by Gasteiger charge is 2.32. The van der Waals surface area contributed by atoms with Gasteiger partial charge in [0.25, 0.3) is 0 Å². The van der Waals surface area contributed by atoms with Crippen molar-refractivity contribution in [2.24, 2.45) is 5.92 Å². The molecule has 0 saturated heterocycles. The highest BCUT2D eigenvalue weighted by molar-refractivity contribution is 6.90. The fourth-order valence-electron chi connectivity index (χ4n) is 2.20. The molecule has 1 heteroatoms. The molecule has 0 aliphatic rings. The fraction of sp³-hybridized carbons (Fsp3) is 0.571. The number of hydrogen-bond donors (Lipinski definition) is 0. The summed E-state index contributed by atoms with van der Waals surface area (Å²) < 4.78 is 0. The van der Waals surface area contributed by atoms with Crippen LogP contribution in [0.3, 0.4) is 0 Å². The van der Waals surface area contributed by atoms with E-state index in [-0.39, 0.29) is 0 Å². The van der Waals surface area contributed by atoms with Crippen molar-refractivity contribution in [3.63, 3.8) is 0 Å². The summed E-state index contributed by atoms with van der Waals surface area (Å²) >= 11 is 0. The lowest BCUT2D eigenvalue weighted by Crippen LogP contribution is -2.46. The molecule has 1 aromatic rings. The highest BCUT2D eigenvalue weighted by Crippen LogP contribution is 2.30. The Labute approximate surface area is 95.7 Å². The third kappa shape index (κ3) is 2.72. The Morgan fingerprint density at radius 3 is 2.07 bits per heavy atom. The van der Waals surface area contributed by atoms with E-state index < -0.39 is 8.07 Å². The van der Waals surface area contributed by atoms with Gasteiger partial charge in [-0.3, -0.25) is 0 Å². The van der Waals surface area contributed by atoms with Crippen molar-refractivity contribution in [2.45, 2.75) is 45.8 Å². The Morgan fingerprint density at radius 2 is 1.60 bits per heavy atom. The van der Waals surface area contributed by atoms with Crippen LogP contribution in [-0.2, 0) is 0 Å². The van der Waals surface area contributed by atoms with E-state index in [1.54, 1.807) is 5.19 Å². The van der Waals surface area contributed by atoms with Crippen LogP contribution in [0.1, 0.15) is 27.2 Å². The van der Waals surface area contributed by atoms with Crippen LogP contribution >= 0.6 is 0 Å². The van der Waals surface area contributed by atoms with Crippen LogP contribution in [0.15, 0.2) is 30.3 Å². The minimum Gasteiger partial charge on any atom is -0.0652 e. The van der Waals surface area contributed by atoms with E-state index in [2.05, 4.69) is 64.2 Å². The topological polar surface area (TPSA) is 0 Å². The molecule has 0 aliphatic carbocycles. The SMILES string of the molecule is CC[C@H](C)[C@@H](C)[Si](C)(C)c1ccccc1. The Hall–Kier alpha value is -0.563. The molecular formula is C14H24Si. The van der Waals surface area contributed by atoms with E-state index in [0.717, 1.165) is 11.5 Å². The molecule has 84 valence electrons. The van der Waals surface area contributed by atoms with Gasteiger partial charge in [0, 0.05) is 0 Å². The second kappa shape index (κ2) is 4.98. The van der Waals surface area contributed by atoms with Gasteiger partial charge in [-0.15, -0.1) is 0 Å². The maximum absolute atomic E-state index is 2.50. The first-order chi connectivity index (χ1) is 7.00. The van der Waals surface area contributed by atoms with Gasteiger partial charge < -0.3 is 0 Å². The molecule has 0 unspecified atom stereocenters. The summed E-state index contributed by atoms with van der Waals surface area (Å²) in [6, 6.07) is 11.1. The molecular weight excluding hydrogens is 196 g/mol. The normalized spacial score (nSPS) is 16.1. The predicted octanol–water partition coefficient (Wildman–Crippen LogP) is 4.04. The van der Waals surface area contributed by atoms with E-state index in [9.17, 15) is 0 Å². The van der Waals surface area contributed by atoms with Crippen molar-refractivity contribution in [1.29, 1.82) is 0 Å². The lowest BCUT2D eigenvalue weighted by Gasteiger charge is -2.34. The van der Waals surface area contributed by atoms with Gasteiger partial charge in [0.15, 0.2) is 0 Å². The Kier molecular flexibility index (Phi) is 4.15. The minimum atomic E-state index is -1.27. The van der Waals surface area contributed by atoms with Gasteiger partial charge in [-0.05, 0) is 11.5 Å². The van der Waals surface area contributed by atoms with Crippen LogP contribution < -0.4 is 5.19 Å². The van der Waals surface area contributed by atoms with Crippen LogP contribution in [0, 0.1) is 5.92 Å². The van der Waals surface area contributed by atoms with E-state index in [0.29, 0.717) is 0 Å². The lowest BCUT2D eigenvalue weighted by atomic mass is 10.1. The molecule has 0 saturated carbocycles. The van der Waals surface area contributed by atoms with Gasteiger partial charge in [-0.2, -0.15) is 0 Å². The van der Waals surface area contributed by atoms with Crippen LogP contribution in [0.2, 0.25) is 18.6 Å². The Balaban J connectivity index is 2.92. The summed E-state index contributed by atoms with van der Waals surface area (Å²) in [5, 5.41) is 1.60. The first kappa shape index (κ1) is 12.5. The molecule has 0 spiro atoms. The van der Waals surface area contributed by atoms with Gasteiger partial charge in [-0.1, -0.05) is 75.8 Å². The second-order valence-electron chi connectivity index (χ2n) is 5.26. The molecule has 0 aliphatic heterocycles. The molecule has 0 bridgehead atoms. The number of hydrogen-bond acceptors (Lipinski definition) is 0. The first-order valence-corrected chi connectivity index (χ1v) is 9.13. The molecule has 0 heterocycles. The summed E-state index contributed by atoms with van der Waals surface area (Å²) in [6.45, 7) is 12.1. The Morgan fingerprint density at radius 1 is 1.07 bits per heavy atom. The Bertz CT molecular complexity index is 289. The van der Waals surface area contributed by atoms with Crippen molar-refractivity contribution in [3.05, 3.63) is 30.3 Å². The molecule has 0 radical (unpaired) electrons. The molecule has 1 aromatic carbocycles. The maximum Gasteiger partial charge on any atom is 0.0836 e. The molecule has 1 rings (SSSR count). The molecule has 0 nitrogen and oxygen atoms in total. The largest absolute Gasteiger partial charge is 0.0836 e. The van der Waals surface area contributed by atoms with Crippen LogP contribution in [0.4, 0.5) is 0 Å². The van der Waals surface area contributed by atoms with Gasteiger partial charge >= 0.3 is 0 Å². The van der Waals surface area contributed by atoms with E-state index in [4.69, 9.17) is 0 Å². The first-order valence-electron chi connectivity index (χ1n) is 6.05. The minimum absolute atomic E-state index is 0.840. The van der Waals surface area contributed by atoms with Gasteiger partial charge in [0.2, 0.25) is 0 Å². The van der Waals surface area contributed by atoms with Gasteiger partial charge in [0.1, 0.15) is 0 Å². The third-order valence-electron chi connectivity index (χ3n) is 4.15. The van der Waals surface area contributed by atoms with E-state index in [1.807, 2.05) is 0 Å². The molecule has 15 heavy (non-hydrogen) atoms. The van der Waals surface area contributed by atoms with Crippen LogP contribution in [-0.4, -0.2) is 8.07 Å². The highest BCUT2D eigenvalue weighted by atomic mass is 28.3. The molecule has 2 atom stereocenters. The second-order valence-corrected chi connectivity index (χ2v) is 10.2. The zero-order valence-corrected chi connectivity index (χ0v) is 11.7. The standard InChI is InChI=1S/C14H24Si/c1-6-12(2)13(3)15(4,5)14-10-8-7-9-11-14/h7-13H,6H2,1-5H3/t12-,13+/m0/s1. The van der Waals surface area contributed by atoms with Crippen LogP contribution in [0.5, 0.6) is 0 Å². The summed E-state index contributed by atoms with van der Waals surface area (Å²) in [5.74, 6) is 0.840. The summed E-state index contributed by atoms with van der Waals surface area (Å²) in [6.07, 6.45) is 1.30. The van der Waals surface area contributed by atoms with Gasteiger partial charge in [-0.25, -0.2) is 0 Å². The monoisotopic (exact) mass is 220 g/mol. The van der Waals surface area contributed by atoms with Crippen LogP contribution in [0.25, 0.3) is 0 Å². The van der Waals surface area contributed by atoms with Crippen molar-refractivity contribution < 1.29 is 0 Å². The van der Waals surface area contributed by atoms with Crippen molar-refractivity contribution in [1.82, 2.24) is 0 Å². The number of benzene rings is 1. The number of rotatable bonds is 4. The average molecular weight is 220 g/mol. The van der Waals surface area contributed by atoms with Crippen molar-refractivity contribution >= 4 is 13.3 Å². The average Bonchev–Trinajstić information content (AvgIpc) is 2.28. The van der Waals surface area contributed by atoms with E-state index >= 15 is 0 Å². The van der Waals surface area contributed by atoms with Crippen molar-refractivity contribution in [3.8, 4) is 0 Å². The van der Waals surface area contributed by atoms with E-state index in [1.165, 1.54) is 6.42 Å². The third-order valence-corrected chi connectivity index (χ3v) is 8.82. The lowest BCUT2D eigenvalue weighted by molar-refractivity contribution is 0.532. The molecule has 0 amide bonds. The zero-order chi connectivity index (χ0) is 11.5. The maximum atomic E-state index is 2.50. The fourth-order valence-corrected chi connectivity index (χ4v) is 5.43. The summed E-state index contributed by atoms with van der Waals surface area (Å²) in [5.41, 5.74) is 0.852. The van der Waals surface area contributed by atoms with Gasteiger partial charge in [0.05, 0.1) is 8.07 Å². The summed E-state index contributed by atoms with van der Waals surface area (Å²) in [7, 11) is -1.27. The van der Waals surface area contributed by atoms with Crippen molar-refractivity contribution in [2.75, 3.05) is 0 Å². The molecule has 0 fully saturated rings.